The van der Waals surface area contributed by atoms with Gasteiger partial charge in [-0.15, -0.1) is 6.58 Å². The van der Waals surface area contributed by atoms with E-state index in [9.17, 15) is 14.9 Å². The van der Waals surface area contributed by atoms with Crippen LogP contribution in [-0.4, -0.2) is 36.5 Å². The molecule has 0 unspecified atom stereocenters. The molecule has 110 valence electrons. The molecule has 0 bridgehead atoms. The number of allylic oxidation sites excluding steroid dienone is 1. The summed E-state index contributed by atoms with van der Waals surface area (Å²) in [5.41, 5.74) is 0. The van der Waals surface area contributed by atoms with E-state index in [1.54, 1.807) is 0 Å². The lowest BCUT2D eigenvalue weighted by molar-refractivity contribution is -0.151. The molecule has 0 spiro atoms. The lowest BCUT2D eigenvalue weighted by Gasteiger charge is -2.25. The molecule has 1 amide bonds. The Balaban J connectivity index is 2.68. The summed E-state index contributed by atoms with van der Waals surface area (Å²) < 4.78 is 4.71. The molecule has 1 heterocycles. The second-order valence-corrected chi connectivity index (χ2v) is 5.18. The van der Waals surface area contributed by atoms with Gasteiger partial charge in [0.05, 0.1) is 13.2 Å². The normalized spacial score (nSPS) is 20.9. The monoisotopic (exact) mass is 278 g/mol. The number of esters is 1. The Kier molecular flexibility index (Phi) is 6.23. The minimum absolute atomic E-state index is 0.253. The molecular weight excluding hydrogens is 256 g/mol. The fourth-order valence-electron chi connectivity index (χ4n) is 2.40. The van der Waals surface area contributed by atoms with Gasteiger partial charge in [-0.1, -0.05) is 13.0 Å². The molecule has 5 nitrogen and oxygen atoms in total. The first kappa shape index (κ1) is 16.2. The number of carbonyl (C=O) groups excluding carboxylic acids is 2. The van der Waals surface area contributed by atoms with Crippen molar-refractivity contribution in [3.05, 3.63) is 12.7 Å². The second-order valence-electron chi connectivity index (χ2n) is 5.18. The van der Waals surface area contributed by atoms with Gasteiger partial charge in [-0.05, 0) is 31.6 Å². The molecule has 0 radical (unpaired) electrons. The molecule has 0 aromatic rings. The van der Waals surface area contributed by atoms with Crippen LogP contribution in [0, 0.1) is 23.2 Å². The lowest BCUT2D eigenvalue weighted by Crippen LogP contribution is -2.43. The number of nitriles is 1. The summed E-state index contributed by atoms with van der Waals surface area (Å²) in [6.45, 7) is 6.21. The average Bonchev–Trinajstić information content (AvgIpc) is 2.95. The Morgan fingerprint density at radius 2 is 2.25 bits per heavy atom. The number of carbonyl (C=O) groups is 2. The zero-order valence-corrected chi connectivity index (χ0v) is 12.2. The van der Waals surface area contributed by atoms with Crippen LogP contribution in [0.1, 0.15) is 32.6 Å². The molecule has 3 atom stereocenters. The first-order valence-electron chi connectivity index (χ1n) is 6.95. The van der Waals surface area contributed by atoms with Gasteiger partial charge in [-0.25, -0.2) is 4.79 Å². The predicted octanol–water partition coefficient (Wildman–Crippen LogP) is 1.89. The number of hydrogen-bond donors (Lipinski definition) is 0. The Morgan fingerprint density at radius 3 is 2.80 bits per heavy atom. The molecule has 0 aliphatic carbocycles. The third-order valence-corrected chi connectivity index (χ3v) is 3.78. The van der Waals surface area contributed by atoms with Crippen molar-refractivity contribution in [1.29, 1.82) is 5.26 Å². The molecule has 1 rings (SSSR count). The molecule has 0 saturated carbocycles. The Labute approximate surface area is 120 Å². The van der Waals surface area contributed by atoms with E-state index in [0.717, 1.165) is 12.8 Å². The van der Waals surface area contributed by atoms with Gasteiger partial charge in [-0.2, -0.15) is 5.26 Å². The topological polar surface area (TPSA) is 70.4 Å². The van der Waals surface area contributed by atoms with Crippen LogP contribution in [0.15, 0.2) is 12.7 Å². The van der Waals surface area contributed by atoms with E-state index in [2.05, 4.69) is 12.6 Å². The molecule has 1 aliphatic rings. The second kappa shape index (κ2) is 7.68. The van der Waals surface area contributed by atoms with Crippen molar-refractivity contribution in [3.8, 4) is 6.07 Å². The molecule has 0 aromatic heterocycles. The summed E-state index contributed by atoms with van der Waals surface area (Å²) in [5, 5.41) is 9.18. The minimum Gasteiger partial charge on any atom is -0.467 e. The van der Waals surface area contributed by atoms with E-state index in [4.69, 9.17) is 4.74 Å². The number of nitrogens with zero attached hydrogens (tertiary/aromatic N) is 2. The minimum atomic E-state index is -0.692. The number of likely N-dealkylation sites (tertiary alicyclic amines) is 1. The summed E-state index contributed by atoms with van der Waals surface area (Å²) in [6.07, 6.45) is 4.43. The first-order valence-corrected chi connectivity index (χ1v) is 6.95. The van der Waals surface area contributed by atoms with Gasteiger partial charge in [0.25, 0.3) is 0 Å². The van der Waals surface area contributed by atoms with Crippen LogP contribution in [0.2, 0.25) is 0 Å². The smallest absolute Gasteiger partial charge is 0.328 e. The van der Waals surface area contributed by atoms with Gasteiger partial charge < -0.3 is 9.64 Å². The zero-order chi connectivity index (χ0) is 15.1. The van der Waals surface area contributed by atoms with Gasteiger partial charge in [0.2, 0.25) is 5.91 Å². The highest BCUT2D eigenvalue weighted by molar-refractivity contribution is 5.87. The highest BCUT2D eigenvalue weighted by Gasteiger charge is 2.37. The third-order valence-electron chi connectivity index (χ3n) is 3.78. The number of ether oxygens (including phenoxy) is 1. The van der Waals surface area contributed by atoms with Crippen molar-refractivity contribution in [2.45, 2.75) is 38.6 Å². The molecule has 5 heteroatoms. The summed E-state index contributed by atoms with van der Waals surface area (Å²) in [4.78, 5) is 25.5. The SMILES string of the molecule is C=C[C@@H](C)CC[C@H](C#N)C(=O)N1CCC[C@H]1C(=O)OC. The molecular formula is C15H22N2O3. The Morgan fingerprint density at radius 1 is 1.55 bits per heavy atom. The molecule has 1 fully saturated rings. The van der Waals surface area contributed by atoms with Gasteiger partial charge >= 0.3 is 5.97 Å². The van der Waals surface area contributed by atoms with Crippen LogP contribution < -0.4 is 0 Å². The fraction of sp³-hybridized carbons (Fsp3) is 0.667. The fourth-order valence-corrected chi connectivity index (χ4v) is 2.40. The highest BCUT2D eigenvalue weighted by Crippen LogP contribution is 2.23. The quantitative estimate of drug-likeness (QED) is 0.549. The maximum absolute atomic E-state index is 12.4. The summed E-state index contributed by atoms with van der Waals surface area (Å²) in [5.74, 6) is -1.07. The van der Waals surface area contributed by atoms with E-state index in [1.165, 1.54) is 12.0 Å². The Bertz CT molecular complexity index is 414. The molecule has 1 aliphatic heterocycles. The van der Waals surface area contributed by atoms with Crippen molar-refractivity contribution < 1.29 is 14.3 Å². The molecule has 0 N–H and O–H groups in total. The summed E-state index contributed by atoms with van der Waals surface area (Å²) >= 11 is 0. The number of rotatable bonds is 6. The van der Waals surface area contributed by atoms with Crippen molar-refractivity contribution in [2.75, 3.05) is 13.7 Å². The zero-order valence-electron chi connectivity index (χ0n) is 12.2. The van der Waals surface area contributed by atoms with Crippen LogP contribution in [-0.2, 0) is 14.3 Å². The maximum atomic E-state index is 12.4. The van der Waals surface area contributed by atoms with Crippen LogP contribution >= 0.6 is 0 Å². The van der Waals surface area contributed by atoms with E-state index < -0.39 is 17.9 Å². The standard InChI is InChI=1S/C15H22N2O3/c1-4-11(2)7-8-12(10-16)14(18)17-9-5-6-13(17)15(19)20-3/h4,11-13H,1,5-9H2,2-3H3/t11-,12-,13+/m1/s1. The van der Waals surface area contributed by atoms with Gasteiger partial charge in [-0.3, -0.25) is 4.79 Å². The van der Waals surface area contributed by atoms with Crippen molar-refractivity contribution in [3.63, 3.8) is 0 Å². The first-order chi connectivity index (χ1) is 9.54. The highest BCUT2D eigenvalue weighted by atomic mass is 16.5. The van der Waals surface area contributed by atoms with Crippen molar-refractivity contribution in [1.82, 2.24) is 4.90 Å². The van der Waals surface area contributed by atoms with Gasteiger partial charge in [0.15, 0.2) is 0 Å². The number of amides is 1. The van der Waals surface area contributed by atoms with E-state index >= 15 is 0 Å². The average molecular weight is 278 g/mol. The number of hydrogen-bond acceptors (Lipinski definition) is 4. The van der Waals surface area contributed by atoms with E-state index in [-0.39, 0.29) is 11.8 Å². The number of methoxy groups -OCH3 is 1. The molecule has 1 saturated heterocycles. The van der Waals surface area contributed by atoms with E-state index in [1.807, 2.05) is 13.0 Å². The van der Waals surface area contributed by atoms with Crippen molar-refractivity contribution >= 4 is 11.9 Å². The van der Waals surface area contributed by atoms with Gasteiger partial charge in [0, 0.05) is 6.54 Å². The van der Waals surface area contributed by atoms with Crippen LogP contribution in [0.5, 0.6) is 0 Å². The van der Waals surface area contributed by atoms with E-state index in [0.29, 0.717) is 19.4 Å². The van der Waals surface area contributed by atoms with Crippen molar-refractivity contribution in [2.24, 2.45) is 11.8 Å². The predicted molar refractivity (Wildman–Crippen MR) is 74.4 cm³/mol. The Hall–Kier alpha value is -1.83. The van der Waals surface area contributed by atoms with Crippen LogP contribution in [0.25, 0.3) is 0 Å². The van der Waals surface area contributed by atoms with Crippen LogP contribution in [0.4, 0.5) is 0 Å². The third kappa shape index (κ3) is 3.83. The largest absolute Gasteiger partial charge is 0.467 e. The maximum Gasteiger partial charge on any atom is 0.328 e. The van der Waals surface area contributed by atoms with Gasteiger partial charge in [0.1, 0.15) is 12.0 Å². The van der Waals surface area contributed by atoms with Crippen LogP contribution in [0.3, 0.4) is 0 Å². The molecule has 20 heavy (non-hydrogen) atoms. The lowest BCUT2D eigenvalue weighted by atomic mass is 9.96. The summed E-state index contributed by atoms with van der Waals surface area (Å²) in [7, 11) is 1.32. The molecule has 0 aromatic carbocycles. The summed E-state index contributed by atoms with van der Waals surface area (Å²) in [6, 6.07) is 1.53.